The first kappa shape index (κ1) is 38.2. The molecular formula is C63H42N2. The zero-order chi connectivity index (χ0) is 43.2. The standard InChI is InChI=1S/C63H42N2/c1-6-20-43(21-7-1)47-38-48(44-22-8-2-9-23-44)40-49(39-47)60-42-61(65-62(64-60)45-24-10-3-11-25-45)56-36-35-52(53-30-16-17-31-54(53)56)46-34-37-59-57(41-46)55-32-18-19-33-58(55)63(59,50-26-12-4-13-27-50)51-28-14-5-15-29-51/h1-42H. The van der Waals surface area contributed by atoms with E-state index in [1.807, 2.05) is 6.07 Å². The fourth-order valence-electron chi connectivity index (χ4n) is 10.2. The normalized spacial score (nSPS) is 12.4. The van der Waals surface area contributed by atoms with Gasteiger partial charge in [-0.25, -0.2) is 9.97 Å². The zero-order valence-corrected chi connectivity index (χ0v) is 35.6. The monoisotopic (exact) mass is 826 g/mol. The molecule has 0 N–H and O–H groups in total. The molecule has 1 aliphatic carbocycles. The SMILES string of the molecule is c1ccc(-c2cc(-c3ccccc3)cc(-c3cc(-c4ccc(-c5ccc6c(c5)-c5ccccc5C6(c5ccccc5)c5ccccc5)c5ccccc45)nc(-c4ccccc4)n3)c2)cc1. The van der Waals surface area contributed by atoms with Gasteiger partial charge in [0.05, 0.1) is 16.8 Å². The van der Waals surface area contributed by atoms with Crippen LogP contribution in [0.4, 0.5) is 0 Å². The van der Waals surface area contributed by atoms with Gasteiger partial charge in [-0.15, -0.1) is 0 Å². The Morgan fingerprint density at radius 1 is 0.246 bits per heavy atom. The number of hydrogen-bond acceptors (Lipinski definition) is 2. The van der Waals surface area contributed by atoms with Crippen LogP contribution in [0.1, 0.15) is 22.3 Å². The van der Waals surface area contributed by atoms with E-state index in [0.717, 1.165) is 55.7 Å². The van der Waals surface area contributed by atoms with Crippen molar-refractivity contribution in [3.8, 4) is 78.4 Å². The maximum Gasteiger partial charge on any atom is 0.160 e. The fourth-order valence-corrected chi connectivity index (χ4v) is 10.2. The van der Waals surface area contributed by atoms with Gasteiger partial charge in [-0.1, -0.05) is 224 Å². The molecule has 1 aliphatic rings. The molecule has 0 amide bonds. The lowest BCUT2D eigenvalue weighted by Crippen LogP contribution is -2.28. The van der Waals surface area contributed by atoms with Crippen molar-refractivity contribution < 1.29 is 0 Å². The summed E-state index contributed by atoms with van der Waals surface area (Å²) in [6.07, 6.45) is 0. The van der Waals surface area contributed by atoms with Gasteiger partial charge in [0.25, 0.3) is 0 Å². The molecule has 1 heterocycles. The van der Waals surface area contributed by atoms with Gasteiger partial charge in [-0.3, -0.25) is 0 Å². The van der Waals surface area contributed by atoms with E-state index in [9.17, 15) is 0 Å². The molecule has 0 saturated carbocycles. The minimum atomic E-state index is -0.442. The summed E-state index contributed by atoms with van der Waals surface area (Å²) in [5, 5.41) is 2.31. The third-order valence-electron chi connectivity index (χ3n) is 13.2. The number of aromatic nitrogens is 2. The van der Waals surface area contributed by atoms with Crippen LogP contribution in [-0.4, -0.2) is 9.97 Å². The molecule has 0 aliphatic heterocycles. The molecule has 10 aromatic carbocycles. The van der Waals surface area contributed by atoms with Gasteiger partial charge < -0.3 is 0 Å². The molecule has 0 fully saturated rings. The Balaban J connectivity index is 1.03. The first-order valence-corrected chi connectivity index (χ1v) is 22.3. The smallest absolute Gasteiger partial charge is 0.160 e. The molecule has 65 heavy (non-hydrogen) atoms. The topological polar surface area (TPSA) is 25.8 Å². The molecule has 0 unspecified atom stereocenters. The van der Waals surface area contributed by atoms with E-state index in [2.05, 4.69) is 249 Å². The summed E-state index contributed by atoms with van der Waals surface area (Å²) >= 11 is 0. The molecular weight excluding hydrogens is 785 g/mol. The molecule has 0 atom stereocenters. The highest BCUT2D eigenvalue weighted by molar-refractivity contribution is 6.05. The van der Waals surface area contributed by atoms with Gasteiger partial charge in [0.15, 0.2) is 5.82 Å². The van der Waals surface area contributed by atoms with Crippen molar-refractivity contribution in [3.05, 3.63) is 277 Å². The summed E-state index contributed by atoms with van der Waals surface area (Å²) in [7, 11) is 0. The average Bonchev–Trinajstić information content (AvgIpc) is 3.69. The van der Waals surface area contributed by atoms with Crippen LogP contribution in [0.3, 0.4) is 0 Å². The summed E-state index contributed by atoms with van der Waals surface area (Å²) < 4.78 is 0. The van der Waals surface area contributed by atoms with E-state index in [0.29, 0.717) is 5.82 Å². The van der Waals surface area contributed by atoms with Crippen molar-refractivity contribution in [2.24, 2.45) is 0 Å². The lowest BCUT2D eigenvalue weighted by molar-refractivity contribution is 0.768. The van der Waals surface area contributed by atoms with Gasteiger partial charge >= 0.3 is 0 Å². The Morgan fingerprint density at radius 2 is 0.708 bits per heavy atom. The number of hydrogen-bond donors (Lipinski definition) is 0. The Morgan fingerprint density at radius 3 is 1.32 bits per heavy atom. The molecule has 0 spiro atoms. The number of rotatable bonds is 8. The minimum absolute atomic E-state index is 0.442. The molecule has 1 aromatic heterocycles. The predicted octanol–water partition coefficient (Wildman–Crippen LogP) is 16.0. The van der Waals surface area contributed by atoms with Crippen molar-refractivity contribution in [1.29, 1.82) is 0 Å². The van der Waals surface area contributed by atoms with Crippen molar-refractivity contribution in [3.63, 3.8) is 0 Å². The Labute approximate surface area is 379 Å². The van der Waals surface area contributed by atoms with Gasteiger partial charge in [0.2, 0.25) is 0 Å². The molecule has 12 rings (SSSR count). The average molecular weight is 827 g/mol. The van der Waals surface area contributed by atoms with Gasteiger partial charge in [0, 0.05) is 16.7 Å². The summed E-state index contributed by atoms with van der Waals surface area (Å²) in [5.74, 6) is 0.690. The number of nitrogens with zero attached hydrogens (tertiary/aromatic N) is 2. The van der Waals surface area contributed by atoms with E-state index in [-0.39, 0.29) is 0 Å². The summed E-state index contributed by atoms with van der Waals surface area (Å²) in [6, 6.07) is 91.9. The maximum atomic E-state index is 5.35. The third kappa shape index (κ3) is 6.58. The van der Waals surface area contributed by atoms with Crippen LogP contribution in [0, 0.1) is 0 Å². The highest BCUT2D eigenvalue weighted by atomic mass is 14.9. The first-order chi connectivity index (χ1) is 32.2. The Hall–Kier alpha value is -8.46. The first-order valence-electron chi connectivity index (χ1n) is 22.3. The second kappa shape index (κ2) is 16.0. The van der Waals surface area contributed by atoms with Crippen LogP contribution in [-0.2, 0) is 5.41 Å². The van der Waals surface area contributed by atoms with Crippen LogP contribution in [0.15, 0.2) is 255 Å². The van der Waals surface area contributed by atoms with Crippen LogP contribution < -0.4 is 0 Å². The van der Waals surface area contributed by atoms with Crippen molar-refractivity contribution in [2.45, 2.75) is 5.41 Å². The van der Waals surface area contributed by atoms with Crippen molar-refractivity contribution >= 4 is 10.8 Å². The predicted molar refractivity (Wildman–Crippen MR) is 269 cm³/mol. The second-order valence-electron chi connectivity index (χ2n) is 16.9. The molecule has 0 radical (unpaired) electrons. The minimum Gasteiger partial charge on any atom is -0.228 e. The summed E-state index contributed by atoms with van der Waals surface area (Å²) in [6.45, 7) is 0. The highest BCUT2D eigenvalue weighted by Gasteiger charge is 2.46. The number of fused-ring (bicyclic) bond motifs is 4. The molecule has 2 nitrogen and oxygen atoms in total. The largest absolute Gasteiger partial charge is 0.228 e. The fraction of sp³-hybridized carbons (Fsp3) is 0.0159. The van der Waals surface area contributed by atoms with Crippen molar-refractivity contribution in [2.75, 3.05) is 0 Å². The van der Waals surface area contributed by atoms with Crippen LogP contribution >= 0.6 is 0 Å². The lowest BCUT2D eigenvalue weighted by Gasteiger charge is -2.33. The summed E-state index contributed by atoms with van der Waals surface area (Å²) in [5.41, 5.74) is 19.0. The van der Waals surface area contributed by atoms with E-state index in [1.54, 1.807) is 0 Å². The van der Waals surface area contributed by atoms with Gasteiger partial charge in [-0.05, 0) is 108 Å². The molecule has 11 aromatic rings. The molecule has 304 valence electrons. The zero-order valence-electron chi connectivity index (χ0n) is 35.6. The molecule has 2 heteroatoms. The molecule has 0 saturated heterocycles. The van der Waals surface area contributed by atoms with Crippen molar-refractivity contribution in [1.82, 2.24) is 9.97 Å². The maximum absolute atomic E-state index is 5.35. The number of benzene rings is 10. The van der Waals surface area contributed by atoms with Crippen LogP contribution in [0.2, 0.25) is 0 Å². The van der Waals surface area contributed by atoms with E-state index < -0.39 is 5.41 Å². The third-order valence-corrected chi connectivity index (χ3v) is 13.2. The Kier molecular flexibility index (Phi) is 9.43. The Bertz CT molecular complexity index is 3410. The highest BCUT2D eigenvalue weighted by Crippen LogP contribution is 2.57. The van der Waals surface area contributed by atoms with E-state index in [4.69, 9.17) is 9.97 Å². The summed E-state index contributed by atoms with van der Waals surface area (Å²) in [4.78, 5) is 10.7. The lowest BCUT2D eigenvalue weighted by atomic mass is 9.67. The second-order valence-corrected chi connectivity index (χ2v) is 16.9. The van der Waals surface area contributed by atoms with Gasteiger partial charge in [-0.2, -0.15) is 0 Å². The van der Waals surface area contributed by atoms with Crippen LogP contribution in [0.5, 0.6) is 0 Å². The quantitative estimate of drug-likeness (QED) is 0.152. The molecule has 0 bridgehead atoms. The van der Waals surface area contributed by atoms with Gasteiger partial charge in [0.1, 0.15) is 0 Å². The van der Waals surface area contributed by atoms with E-state index in [1.165, 1.54) is 49.9 Å². The van der Waals surface area contributed by atoms with Crippen LogP contribution in [0.25, 0.3) is 89.2 Å². The van der Waals surface area contributed by atoms with E-state index >= 15 is 0 Å².